The summed E-state index contributed by atoms with van der Waals surface area (Å²) < 4.78 is 9.44. The Bertz CT molecular complexity index is 703. The first kappa shape index (κ1) is 14.8. The largest absolute Gasteiger partial charge is 0.367 e. The third-order valence-corrected chi connectivity index (χ3v) is 3.92. The Kier molecular flexibility index (Phi) is 3.74. The van der Waals surface area contributed by atoms with Gasteiger partial charge in [0.15, 0.2) is 0 Å². The van der Waals surface area contributed by atoms with E-state index in [0.29, 0.717) is 25.3 Å². The minimum atomic E-state index is -0.187. The number of hydrogen-bond donors (Lipinski definition) is 0. The average molecular weight is 303 g/mol. The van der Waals surface area contributed by atoms with E-state index in [0.717, 1.165) is 17.2 Å². The number of hydrogen-bond acceptors (Lipinski definition) is 4. The van der Waals surface area contributed by atoms with Crippen LogP contribution in [0.5, 0.6) is 0 Å². The molecule has 1 fully saturated rings. The maximum atomic E-state index is 12.7. The molecule has 7 heteroatoms. The molecule has 0 N–H and O–H groups in total. The van der Waals surface area contributed by atoms with Crippen molar-refractivity contribution in [2.45, 2.75) is 20.0 Å². The molecule has 1 atom stereocenters. The number of carbonyl (C=O) groups is 1. The lowest BCUT2D eigenvalue weighted by Gasteiger charge is -2.32. The van der Waals surface area contributed by atoms with Crippen LogP contribution in [0.1, 0.15) is 33.7 Å². The van der Waals surface area contributed by atoms with Gasteiger partial charge in [0.25, 0.3) is 5.91 Å². The van der Waals surface area contributed by atoms with Crippen LogP contribution in [0.4, 0.5) is 0 Å². The van der Waals surface area contributed by atoms with Gasteiger partial charge in [-0.1, -0.05) is 0 Å². The number of ether oxygens (including phenoxy) is 1. The summed E-state index contributed by atoms with van der Waals surface area (Å²) in [5, 5.41) is 4.24. The van der Waals surface area contributed by atoms with E-state index < -0.39 is 0 Å². The number of imidazole rings is 1. The molecule has 0 spiro atoms. The number of morpholine rings is 1. The summed E-state index contributed by atoms with van der Waals surface area (Å²) >= 11 is 0. The van der Waals surface area contributed by atoms with E-state index in [1.807, 2.05) is 43.6 Å². The summed E-state index contributed by atoms with van der Waals surface area (Å²) in [4.78, 5) is 19.0. The summed E-state index contributed by atoms with van der Waals surface area (Å²) in [5.74, 6) is 0.864. The molecule has 2 aromatic heterocycles. The predicted octanol–water partition coefficient (Wildman–Crippen LogP) is 0.984. The van der Waals surface area contributed by atoms with Crippen LogP contribution in [0.15, 0.2) is 12.4 Å². The molecule has 118 valence electrons. The lowest BCUT2D eigenvalue weighted by atomic mass is 10.2. The normalized spacial score (nSPS) is 18.7. The van der Waals surface area contributed by atoms with E-state index in [9.17, 15) is 4.79 Å². The van der Waals surface area contributed by atoms with Crippen molar-refractivity contribution < 1.29 is 9.53 Å². The van der Waals surface area contributed by atoms with Crippen molar-refractivity contribution >= 4 is 5.91 Å². The number of carbonyl (C=O) groups excluding carboxylic acids is 1. The molecule has 0 bridgehead atoms. The molecule has 3 rings (SSSR count). The number of aromatic nitrogens is 4. The van der Waals surface area contributed by atoms with Gasteiger partial charge in [-0.25, -0.2) is 4.98 Å². The van der Waals surface area contributed by atoms with Gasteiger partial charge in [0, 0.05) is 33.0 Å². The lowest BCUT2D eigenvalue weighted by molar-refractivity contribution is -0.0279. The molecular weight excluding hydrogens is 282 g/mol. The minimum Gasteiger partial charge on any atom is -0.367 e. The molecule has 0 radical (unpaired) electrons. The highest BCUT2D eigenvalue weighted by Crippen LogP contribution is 2.23. The van der Waals surface area contributed by atoms with Gasteiger partial charge in [0.1, 0.15) is 11.9 Å². The number of aryl methyl sites for hydroxylation is 4. The minimum absolute atomic E-state index is 0.00447. The van der Waals surface area contributed by atoms with E-state index >= 15 is 0 Å². The van der Waals surface area contributed by atoms with Crippen LogP contribution >= 0.6 is 0 Å². The first-order valence-electron chi connectivity index (χ1n) is 7.36. The van der Waals surface area contributed by atoms with Crippen molar-refractivity contribution in [2.75, 3.05) is 19.7 Å². The molecule has 1 aliphatic rings. The Hall–Kier alpha value is -2.15. The van der Waals surface area contributed by atoms with E-state index in [4.69, 9.17) is 4.74 Å². The van der Waals surface area contributed by atoms with Crippen LogP contribution in [0.2, 0.25) is 0 Å². The number of rotatable bonds is 2. The number of amides is 1. The Labute approximate surface area is 129 Å². The van der Waals surface area contributed by atoms with Crippen molar-refractivity contribution in [2.24, 2.45) is 14.1 Å². The highest BCUT2D eigenvalue weighted by Gasteiger charge is 2.29. The molecule has 1 saturated heterocycles. The molecule has 3 heterocycles. The maximum Gasteiger partial charge on any atom is 0.257 e. The molecule has 22 heavy (non-hydrogen) atoms. The summed E-state index contributed by atoms with van der Waals surface area (Å²) in [6, 6.07) is 0. The Morgan fingerprint density at radius 1 is 1.32 bits per heavy atom. The van der Waals surface area contributed by atoms with Gasteiger partial charge in [-0.3, -0.25) is 9.48 Å². The van der Waals surface area contributed by atoms with Crippen molar-refractivity contribution in [3.8, 4) is 0 Å². The average Bonchev–Trinajstić information content (AvgIpc) is 2.99. The van der Waals surface area contributed by atoms with Gasteiger partial charge in [0.2, 0.25) is 0 Å². The van der Waals surface area contributed by atoms with Crippen LogP contribution in [0.3, 0.4) is 0 Å². The summed E-state index contributed by atoms with van der Waals surface area (Å²) in [6.45, 7) is 5.42. The SMILES string of the molecule is Cc1cn(C)c([C@H]2CN(C(=O)c3cn(C)nc3C)CCO2)n1. The number of nitrogens with zero attached hydrogens (tertiary/aromatic N) is 5. The van der Waals surface area contributed by atoms with Gasteiger partial charge in [-0.2, -0.15) is 5.10 Å². The van der Waals surface area contributed by atoms with Crippen LogP contribution < -0.4 is 0 Å². The van der Waals surface area contributed by atoms with Gasteiger partial charge in [0.05, 0.1) is 30.1 Å². The molecule has 1 aliphatic heterocycles. The lowest BCUT2D eigenvalue weighted by Crippen LogP contribution is -2.43. The molecular formula is C15H21N5O2. The van der Waals surface area contributed by atoms with E-state index in [1.54, 1.807) is 10.9 Å². The third-order valence-electron chi connectivity index (χ3n) is 3.92. The molecule has 2 aromatic rings. The fourth-order valence-corrected chi connectivity index (χ4v) is 2.90. The van der Waals surface area contributed by atoms with Crippen LogP contribution in [0.25, 0.3) is 0 Å². The summed E-state index contributed by atoms with van der Waals surface area (Å²) in [5.41, 5.74) is 2.36. The highest BCUT2D eigenvalue weighted by molar-refractivity contribution is 5.95. The standard InChI is InChI=1S/C15H21N5O2/c1-10-7-18(3)14(16-10)13-9-20(5-6-22-13)15(21)12-8-19(4)17-11(12)2/h7-8,13H,5-6,9H2,1-4H3/t13-/m1/s1. The van der Waals surface area contributed by atoms with Gasteiger partial charge >= 0.3 is 0 Å². The molecule has 7 nitrogen and oxygen atoms in total. The third kappa shape index (κ3) is 2.64. The van der Waals surface area contributed by atoms with Crippen LogP contribution in [-0.4, -0.2) is 49.8 Å². The summed E-state index contributed by atoms with van der Waals surface area (Å²) in [6.07, 6.45) is 3.55. The monoisotopic (exact) mass is 303 g/mol. The molecule has 0 saturated carbocycles. The van der Waals surface area contributed by atoms with Crippen molar-refractivity contribution in [1.29, 1.82) is 0 Å². The maximum absolute atomic E-state index is 12.7. The van der Waals surface area contributed by atoms with E-state index in [2.05, 4.69) is 10.1 Å². The molecule has 1 amide bonds. The van der Waals surface area contributed by atoms with Gasteiger partial charge < -0.3 is 14.2 Å². The second kappa shape index (κ2) is 5.57. The fourth-order valence-electron chi connectivity index (χ4n) is 2.90. The van der Waals surface area contributed by atoms with Crippen LogP contribution in [0, 0.1) is 13.8 Å². The molecule has 0 aliphatic carbocycles. The quantitative estimate of drug-likeness (QED) is 0.830. The fraction of sp³-hybridized carbons (Fsp3) is 0.533. The first-order valence-corrected chi connectivity index (χ1v) is 7.36. The zero-order valence-electron chi connectivity index (χ0n) is 13.4. The Morgan fingerprint density at radius 3 is 2.68 bits per heavy atom. The molecule has 0 aromatic carbocycles. The van der Waals surface area contributed by atoms with E-state index in [-0.39, 0.29) is 12.0 Å². The molecule has 0 unspecified atom stereocenters. The second-order valence-electron chi connectivity index (χ2n) is 5.76. The predicted molar refractivity (Wildman–Crippen MR) is 80.5 cm³/mol. The van der Waals surface area contributed by atoms with E-state index in [1.165, 1.54) is 0 Å². The van der Waals surface area contributed by atoms with Crippen molar-refractivity contribution in [3.63, 3.8) is 0 Å². The van der Waals surface area contributed by atoms with Crippen LogP contribution in [-0.2, 0) is 18.8 Å². The van der Waals surface area contributed by atoms with Gasteiger partial charge in [-0.15, -0.1) is 0 Å². The summed E-state index contributed by atoms with van der Waals surface area (Å²) in [7, 11) is 3.77. The Balaban J connectivity index is 1.80. The van der Waals surface area contributed by atoms with Gasteiger partial charge in [-0.05, 0) is 13.8 Å². The zero-order valence-corrected chi connectivity index (χ0v) is 13.4. The van der Waals surface area contributed by atoms with Crippen molar-refractivity contribution in [1.82, 2.24) is 24.2 Å². The van der Waals surface area contributed by atoms with Crippen molar-refractivity contribution in [3.05, 3.63) is 35.2 Å². The smallest absolute Gasteiger partial charge is 0.257 e. The Morgan fingerprint density at radius 2 is 2.09 bits per heavy atom. The first-order chi connectivity index (χ1) is 10.5. The highest BCUT2D eigenvalue weighted by atomic mass is 16.5. The second-order valence-corrected chi connectivity index (χ2v) is 5.76. The zero-order chi connectivity index (χ0) is 15.9. The topological polar surface area (TPSA) is 65.2 Å².